The number of hydrogen-bond acceptors (Lipinski definition) is 14. The number of thiazole rings is 1. The van der Waals surface area contributed by atoms with E-state index in [2.05, 4.69) is 26.1 Å². The van der Waals surface area contributed by atoms with E-state index in [0.717, 1.165) is 31.3 Å². The van der Waals surface area contributed by atoms with Crippen molar-refractivity contribution in [2.75, 3.05) is 12.3 Å². The fourth-order valence-electron chi connectivity index (χ4n) is 3.29. The topological polar surface area (TPSA) is 305 Å². The lowest BCUT2D eigenvalue weighted by atomic mass is 9.98. The molecule has 22 heteroatoms. The van der Waals surface area contributed by atoms with Crippen LogP contribution in [0.4, 0.5) is 9.93 Å². The van der Waals surface area contributed by atoms with Crippen molar-refractivity contribution >= 4 is 56.3 Å². The van der Waals surface area contributed by atoms with Crippen molar-refractivity contribution < 1.29 is 52.4 Å². The summed E-state index contributed by atoms with van der Waals surface area (Å²) in [6, 6.07) is -3.35. The zero-order chi connectivity index (χ0) is 31.6. The fraction of sp³-hybridized carbons (Fsp3) is 0.350. The summed E-state index contributed by atoms with van der Waals surface area (Å²) in [5, 5.41) is 39.7. The van der Waals surface area contributed by atoms with Crippen LogP contribution < -0.4 is 27.1 Å². The Balaban J connectivity index is 1.76. The second kappa shape index (κ2) is 11.9. The molecule has 1 aliphatic rings. The number of nitrogens with zero attached hydrogens (tertiary/aromatic N) is 4. The van der Waals surface area contributed by atoms with Crippen molar-refractivity contribution in [1.82, 2.24) is 30.0 Å². The molecule has 0 bridgehead atoms. The number of nitrogen functional groups attached to an aromatic ring is 1. The van der Waals surface area contributed by atoms with Crippen molar-refractivity contribution in [3.05, 3.63) is 39.3 Å². The number of nitrogens with one attached hydrogen (secondary N) is 3. The number of carbonyl (C=O) groups is 4. The van der Waals surface area contributed by atoms with Crippen LogP contribution in [0.25, 0.3) is 0 Å². The highest BCUT2D eigenvalue weighted by Crippen LogP contribution is 2.24. The Morgan fingerprint density at radius 2 is 1.93 bits per heavy atom. The summed E-state index contributed by atoms with van der Waals surface area (Å²) in [6.07, 6.45) is 0.694. The van der Waals surface area contributed by atoms with E-state index in [0.29, 0.717) is 10.9 Å². The number of carboxylic acid groups (broad SMARTS) is 1. The maximum atomic E-state index is 13.1. The number of oxime groups is 1. The second-order valence-electron chi connectivity index (χ2n) is 8.97. The van der Waals surface area contributed by atoms with Gasteiger partial charge >= 0.3 is 22.3 Å². The van der Waals surface area contributed by atoms with Crippen molar-refractivity contribution in [2.45, 2.75) is 38.1 Å². The van der Waals surface area contributed by atoms with Crippen LogP contribution >= 0.6 is 11.3 Å². The summed E-state index contributed by atoms with van der Waals surface area (Å²) in [4.78, 5) is 69.6. The zero-order valence-corrected chi connectivity index (χ0v) is 23.2. The minimum absolute atomic E-state index is 0.00106. The molecule has 1 fully saturated rings. The Morgan fingerprint density at radius 3 is 2.50 bits per heavy atom. The first-order valence-electron chi connectivity index (χ1n) is 11.4. The third kappa shape index (κ3) is 7.02. The van der Waals surface area contributed by atoms with E-state index in [9.17, 15) is 52.4 Å². The number of β-lactam (4-membered cyclic amide) rings is 1. The van der Waals surface area contributed by atoms with Crippen molar-refractivity contribution in [2.24, 2.45) is 5.16 Å². The predicted octanol–water partition coefficient (Wildman–Crippen LogP) is -2.59. The average molecular weight is 633 g/mol. The molecule has 2 aromatic rings. The molecule has 2 aromatic heterocycles. The number of rotatable bonds is 11. The number of pyridine rings is 1. The van der Waals surface area contributed by atoms with Gasteiger partial charge < -0.3 is 41.9 Å². The molecular formula is C20H24N8O12S2. The zero-order valence-electron chi connectivity index (χ0n) is 21.5. The molecule has 0 aromatic carbocycles. The predicted molar refractivity (Wildman–Crippen MR) is 140 cm³/mol. The molecular weight excluding hydrogens is 608 g/mol. The standard InChI is InChI=1S/C20H24N8O12S2/c1-20(2,17(33)34)40-26-13(9-7-41-18(21)24-9)15(31)25-14-10(28(16(14)32)42(37,38)39)5-23-19(35)22-4-8-3-11(29)12(30)6-27(8)36/h3,6-7,10,14,30,36H,4-5H2,1-2H3,(H2,21,24)(H,25,31)(H,33,34)(H2,22,23,35)(H,37,38,39)/t10-,14+/m0/s1. The number of urea groups is 1. The second-order valence-corrected chi connectivity index (χ2v) is 11.1. The molecule has 20 nitrogen and oxygen atoms in total. The average Bonchev–Trinajstić information content (AvgIpc) is 3.30. The number of carboxylic acids is 1. The van der Waals surface area contributed by atoms with Crippen LogP contribution in [0.5, 0.6) is 5.75 Å². The highest BCUT2D eigenvalue weighted by atomic mass is 32.2. The Hall–Kier alpha value is -4.96. The van der Waals surface area contributed by atoms with E-state index in [-0.39, 0.29) is 20.8 Å². The van der Waals surface area contributed by atoms with E-state index >= 15 is 0 Å². The van der Waals surface area contributed by atoms with Gasteiger partial charge in [0, 0.05) is 18.0 Å². The van der Waals surface area contributed by atoms with Crippen LogP contribution in [0.15, 0.2) is 27.6 Å². The summed E-state index contributed by atoms with van der Waals surface area (Å²) in [5.41, 5.74) is 1.93. The van der Waals surface area contributed by atoms with Crippen LogP contribution in [-0.2, 0) is 36.1 Å². The van der Waals surface area contributed by atoms with Gasteiger partial charge in [0.2, 0.25) is 11.0 Å². The number of nitrogens with two attached hydrogens (primary N) is 1. The van der Waals surface area contributed by atoms with E-state index in [4.69, 9.17) is 10.6 Å². The number of amides is 4. The summed E-state index contributed by atoms with van der Waals surface area (Å²) < 4.78 is 33.4. The maximum absolute atomic E-state index is 13.1. The van der Waals surface area contributed by atoms with E-state index in [1.165, 1.54) is 5.38 Å². The molecule has 0 saturated carbocycles. The summed E-state index contributed by atoms with van der Waals surface area (Å²) in [7, 11) is -5.14. The van der Waals surface area contributed by atoms with Gasteiger partial charge in [-0.15, -0.1) is 11.3 Å². The minimum Gasteiger partial charge on any atom is -0.503 e. The van der Waals surface area contributed by atoms with Crippen LogP contribution in [0.2, 0.25) is 0 Å². The largest absolute Gasteiger partial charge is 0.503 e. The van der Waals surface area contributed by atoms with Gasteiger partial charge in [0.05, 0.1) is 24.5 Å². The van der Waals surface area contributed by atoms with Gasteiger partial charge in [-0.1, -0.05) is 5.16 Å². The first kappa shape index (κ1) is 31.6. The number of carbonyl (C=O) groups excluding carboxylic acids is 3. The lowest BCUT2D eigenvalue weighted by Crippen LogP contribution is -2.74. The quantitative estimate of drug-likeness (QED) is 0.0415. The number of hydrogen-bond donors (Lipinski definition) is 8. The number of aromatic nitrogens is 2. The molecule has 228 valence electrons. The third-order valence-corrected chi connectivity index (χ3v) is 7.18. The molecule has 3 heterocycles. The van der Waals surface area contributed by atoms with Gasteiger partial charge in [0.15, 0.2) is 16.6 Å². The maximum Gasteiger partial charge on any atom is 0.362 e. The van der Waals surface area contributed by atoms with E-state index in [1.54, 1.807) is 0 Å². The monoisotopic (exact) mass is 632 g/mol. The highest BCUT2D eigenvalue weighted by molar-refractivity contribution is 7.84. The number of aromatic hydroxyl groups is 1. The molecule has 4 amide bonds. The third-order valence-electron chi connectivity index (χ3n) is 5.56. The number of aliphatic carboxylic acids is 1. The van der Waals surface area contributed by atoms with Crippen molar-refractivity contribution in [3.63, 3.8) is 0 Å². The van der Waals surface area contributed by atoms with Gasteiger partial charge in [-0.3, -0.25) is 18.9 Å². The highest BCUT2D eigenvalue weighted by Gasteiger charge is 2.54. The molecule has 0 radical (unpaired) electrons. The Labute approximate surface area is 239 Å². The lowest BCUT2D eigenvalue weighted by molar-refractivity contribution is -0.161. The van der Waals surface area contributed by atoms with Gasteiger partial charge in [0.1, 0.15) is 11.7 Å². The van der Waals surface area contributed by atoms with Crippen LogP contribution in [0.1, 0.15) is 25.2 Å². The Morgan fingerprint density at radius 1 is 1.26 bits per heavy atom. The molecule has 9 N–H and O–H groups in total. The summed E-state index contributed by atoms with van der Waals surface area (Å²) >= 11 is 0.895. The van der Waals surface area contributed by atoms with Gasteiger partial charge in [-0.2, -0.15) is 13.1 Å². The van der Waals surface area contributed by atoms with E-state index < -0.39 is 81.8 Å². The molecule has 0 spiro atoms. The Kier molecular flexibility index (Phi) is 8.93. The molecule has 0 aliphatic carbocycles. The van der Waals surface area contributed by atoms with Crippen molar-refractivity contribution in [3.8, 4) is 5.75 Å². The Bertz CT molecular complexity index is 1620. The SMILES string of the molecule is CC(C)(ON=C(C(=O)N[C@H]1C(=O)N(S(=O)(=O)O)[C@H]1CNC(=O)NCc1cc(=O)c(O)cn1O)c1csc(N)n1)C(=O)O. The normalized spacial score (nSPS) is 17.3. The number of anilines is 1. The molecule has 1 saturated heterocycles. The smallest absolute Gasteiger partial charge is 0.362 e. The molecule has 1 aliphatic heterocycles. The molecule has 0 unspecified atom stereocenters. The van der Waals surface area contributed by atoms with Crippen LogP contribution in [0, 0.1) is 0 Å². The van der Waals surface area contributed by atoms with Gasteiger partial charge in [-0.25, -0.2) is 18.9 Å². The minimum atomic E-state index is -5.14. The summed E-state index contributed by atoms with van der Waals surface area (Å²) in [6.45, 7) is 1.18. The summed E-state index contributed by atoms with van der Waals surface area (Å²) in [5.74, 6) is -4.63. The first-order chi connectivity index (χ1) is 19.4. The molecule has 42 heavy (non-hydrogen) atoms. The first-order valence-corrected chi connectivity index (χ1v) is 13.7. The van der Waals surface area contributed by atoms with Crippen LogP contribution in [-0.4, -0.2) is 96.2 Å². The van der Waals surface area contributed by atoms with Crippen molar-refractivity contribution in [1.29, 1.82) is 0 Å². The molecule has 3 rings (SSSR count). The van der Waals surface area contributed by atoms with Crippen LogP contribution in [0.3, 0.4) is 0 Å². The van der Waals surface area contributed by atoms with Gasteiger partial charge in [0.25, 0.3) is 11.8 Å². The molecule has 2 atom stereocenters. The van der Waals surface area contributed by atoms with Gasteiger partial charge in [-0.05, 0) is 13.8 Å². The lowest BCUT2D eigenvalue weighted by Gasteiger charge is -2.44. The van der Waals surface area contributed by atoms with E-state index in [1.807, 2.05) is 0 Å². The fourth-order valence-corrected chi connectivity index (χ4v) is 4.71.